The highest BCUT2D eigenvalue weighted by Crippen LogP contribution is 2.33. The van der Waals surface area contributed by atoms with Crippen molar-refractivity contribution in [1.82, 2.24) is 9.80 Å². The van der Waals surface area contributed by atoms with Crippen LogP contribution in [0.2, 0.25) is 0 Å². The molecule has 1 aromatic heterocycles. The summed E-state index contributed by atoms with van der Waals surface area (Å²) in [5, 5.41) is 2.87. The van der Waals surface area contributed by atoms with Crippen LogP contribution in [0, 0.1) is 0 Å². The van der Waals surface area contributed by atoms with Gasteiger partial charge in [0, 0.05) is 42.5 Å². The number of anilines is 1. The first-order valence-electron chi connectivity index (χ1n) is 11.4. The van der Waals surface area contributed by atoms with Gasteiger partial charge in [-0.1, -0.05) is 30.3 Å². The molecule has 0 spiro atoms. The van der Waals surface area contributed by atoms with Crippen LogP contribution < -0.4 is 5.32 Å². The number of hydrogen-bond donors (Lipinski definition) is 1. The molecular formula is C27H27N3O3. The summed E-state index contributed by atoms with van der Waals surface area (Å²) in [4.78, 5) is 29.3. The maximum absolute atomic E-state index is 12.8. The molecule has 3 aromatic rings. The van der Waals surface area contributed by atoms with E-state index in [0.717, 1.165) is 43.0 Å². The molecule has 6 heteroatoms. The van der Waals surface area contributed by atoms with Crippen molar-refractivity contribution < 1.29 is 14.0 Å². The molecule has 2 amide bonds. The molecule has 33 heavy (non-hydrogen) atoms. The van der Waals surface area contributed by atoms with Gasteiger partial charge in [-0.15, -0.1) is 0 Å². The second-order valence-electron chi connectivity index (χ2n) is 8.61. The Morgan fingerprint density at radius 3 is 2.61 bits per heavy atom. The first kappa shape index (κ1) is 21.2. The zero-order chi connectivity index (χ0) is 22.8. The van der Waals surface area contributed by atoms with Gasteiger partial charge < -0.3 is 19.5 Å². The molecule has 0 aliphatic carbocycles. The van der Waals surface area contributed by atoms with Gasteiger partial charge in [0.15, 0.2) is 0 Å². The Kier molecular flexibility index (Phi) is 5.84. The Morgan fingerprint density at radius 2 is 1.82 bits per heavy atom. The van der Waals surface area contributed by atoms with Crippen LogP contribution in [0.5, 0.6) is 0 Å². The van der Waals surface area contributed by atoms with Crippen molar-refractivity contribution >= 4 is 29.2 Å². The lowest BCUT2D eigenvalue weighted by Gasteiger charge is -2.21. The van der Waals surface area contributed by atoms with E-state index in [1.54, 1.807) is 11.0 Å². The standard InChI is InChI=1S/C27H27N3O3/c1-29(16-17-30-14-4-5-15-30)27(32)20-10-8-19(9-11-20)25-13-12-21(33-25)18-23-22-6-2-3-7-24(22)28-26(23)31/h2-3,6-13,18H,4-5,14-17H2,1H3,(H,28,31). The third kappa shape index (κ3) is 4.47. The van der Waals surface area contributed by atoms with Crippen molar-refractivity contribution in [2.75, 3.05) is 38.5 Å². The van der Waals surface area contributed by atoms with Crippen molar-refractivity contribution in [3.8, 4) is 11.3 Å². The van der Waals surface area contributed by atoms with E-state index >= 15 is 0 Å². The molecule has 3 heterocycles. The second kappa shape index (κ2) is 9.08. The molecule has 0 unspecified atom stereocenters. The predicted molar refractivity (Wildman–Crippen MR) is 130 cm³/mol. The van der Waals surface area contributed by atoms with E-state index in [1.807, 2.05) is 67.7 Å². The van der Waals surface area contributed by atoms with E-state index < -0.39 is 0 Å². The molecule has 0 saturated carbocycles. The Labute approximate surface area is 193 Å². The van der Waals surface area contributed by atoms with Gasteiger partial charge in [0.2, 0.25) is 0 Å². The highest BCUT2D eigenvalue weighted by atomic mass is 16.3. The van der Waals surface area contributed by atoms with E-state index in [4.69, 9.17) is 4.42 Å². The minimum absolute atomic E-state index is 0.0246. The first-order chi connectivity index (χ1) is 16.1. The zero-order valence-corrected chi connectivity index (χ0v) is 18.7. The highest BCUT2D eigenvalue weighted by Gasteiger charge is 2.24. The number of amides is 2. The molecular weight excluding hydrogens is 414 g/mol. The molecule has 0 atom stereocenters. The summed E-state index contributed by atoms with van der Waals surface area (Å²) < 4.78 is 5.98. The van der Waals surface area contributed by atoms with Crippen molar-refractivity contribution in [3.63, 3.8) is 0 Å². The Balaban J connectivity index is 1.27. The number of rotatable bonds is 6. The zero-order valence-electron chi connectivity index (χ0n) is 18.7. The number of para-hydroxylation sites is 1. The van der Waals surface area contributed by atoms with Crippen LogP contribution >= 0.6 is 0 Å². The number of benzene rings is 2. The maximum atomic E-state index is 12.8. The van der Waals surface area contributed by atoms with Gasteiger partial charge in [0.25, 0.3) is 11.8 Å². The molecule has 1 saturated heterocycles. The fourth-order valence-corrected chi connectivity index (χ4v) is 4.41. The number of likely N-dealkylation sites (tertiary alicyclic amines) is 1. The van der Waals surface area contributed by atoms with Crippen LogP contribution in [0.25, 0.3) is 23.0 Å². The molecule has 1 N–H and O–H groups in total. The molecule has 168 valence electrons. The highest BCUT2D eigenvalue weighted by molar-refractivity contribution is 6.34. The molecule has 0 bridgehead atoms. The van der Waals surface area contributed by atoms with E-state index in [-0.39, 0.29) is 11.8 Å². The molecule has 5 rings (SSSR count). The topological polar surface area (TPSA) is 65.8 Å². The summed E-state index contributed by atoms with van der Waals surface area (Å²) in [5.74, 6) is 1.19. The smallest absolute Gasteiger partial charge is 0.256 e. The van der Waals surface area contributed by atoms with Crippen LogP contribution in [-0.2, 0) is 4.79 Å². The number of likely N-dealkylation sites (N-methyl/N-ethyl adjacent to an activating group) is 1. The van der Waals surface area contributed by atoms with Crippen molar-refractivity contribution in [1.29, 1.82) is 0 Å². The molecule has 1 fully saturated rings. The summed E-state index contributed by atoms with van der Waals surface area (Å²) >= 11 is 0. The van der Waals surface area contributed by atoms with Gasteiger partial charge in [-0.3, -0.25) is 9.59 Å². The third-order valence-electron chi connectivity index (χ3n) is 6.34. The van der Waals surface area contributed by atoms with Gasteiger partial charge in [0.05, 0.1) is 5.57 Å². The van der Waals surface area contributed by atoms with Crippen LogP contribution in [0.4, 0.5) is 5.69 Å². The SMILES string of the molecule is CN(CCN1CCCC1)C(=O)c1ccc(-c2ccc(C=C3C(=O)Nc4ccccc43)o2)cc1. The van der Waals surface area contributed by atoms with Gasteiger partial charge in [-0.25, -0.2) is 0 Å². The van der Waals surface area contributed by atoms with Gasteiger partial charge in [-0.05, 0) is 62.3 Å². The number of furan rings is 1. The summed E-state index contributed by atoms with van der Waals surface area (Å²) in [5.41, 5.74) is 3.82. The molecule has 2 aliphatic heterocycles. The lowest BCUT2D eigenvalue weighted by Crippen LogP contribution is -2.35. The van der Waals surface area contributed by atoms with Crippen LogP contribution in [-0.4, -0.2) is 54.8 Å². The number of fused-ring (bicyclic) bond motifs is 1. The average molecular weight is 442 g/mol. The van der Waals surface area contributed by atoms with E-state index in [0.29, 0.717) is 22.7 Å². The van der Waals surface area contributed by atoms with Crippen molar-refractivity contribution in [2.24, 2.45) is 0 Å². The Hall–Kier alpha value is -3.64. The molecule has 0 radical (unpaired) electrons. The van der Waals surface area contributed by atoms with Crippen LogP contribution in [0.3, 0.4) is 0 Å². The van der Waals surface area contributed by atoms with Crippen LogP contribution in [0.1, 0.15) is 34.5 Å². The Morgan fingerprint density at radius 1 is 1.06 bits per heavy atom. The summed E-state index contributed by atoms with van der Waals surface area (Å²) in [6.45, 7) is 3.92. The maximum Gasteiger partial charge on any atom is 0.256 e. The monoisotopic (exact) mass is 441 g/mol. The minimum atomic E-state index is -0.133. The van der Waals surface area contributed by atoms with E-state index in [9.17, 15) is 9.59 Å². The molecule has 2 aromatic carbocycles. The first-order valence-corrected chi connectivity index (χ1v) is 11.4. The lowest BCUT2D eigenvalue weighted by molar-refractivity contribution is -0.110. The van der Waals surface area contributed by atoms with Crippen molar-refractivity contribution in [2.45, 2.75) is 12.8 Å². The summed E-state index contributed by atoms with van der Waals surface area (Å²) in [7, 11) is 1.86. The number of carbonyl (C=O) groups excluding carboxylic acids is 2. The van der Waals surface area contributed by atoms with Gasteiger partial charge in [-0.2, -0.15) is 0 Å². The van der Waals surface area contributed by atoms with Crippen LogP contribution in [0.15, 0.2) is 65.1 Å². The average Bonchev–Trinajstić information content (AvgIpc) is 3.59. The molecule has 2 aliphatic rings. The fraction of sp³-hybridized carbons (Fsp3) is 0.259. The van der Waals surface area contributed by atoms with Gasteiger partial charge in [0.1, 0.15) is 11.5 Å². The molecule has 6 nitrogen and oxygen atoms in total. The normalized spacial score (nSPS) is 16.8. The third-order valence-corrected chi connectivity index (χ3v) is 6.34. The van der Waals surface area contributed by atoms with Gasteiger partial charge >= 0.3 is 0 Å². The summed E-state index contributed by atoms with van der Waals surface area (Å²) in [6, 6.07) is 18.8. The quantitative estimate of drug-likeness (QED) is 0.568. The lowest BCUT2D eigenvalue weighted by atomic mass is 10.1. The van der Waals surface area contributed by atoms with E-state index in [1.165, 1.54) is 12.8 Å². The predicted octanol–water partition coefficient (Wildman–Crippen LogP) is 4.61. The van der Waals surface area contributed by atoms with E-state index in [2.05, 4.69) is 10.2 Å². The minimum Gasteiger partial charge on any atom is -0.457 e. The second-order valence-corrected chi connectivity index (χ2v) is 8.61. The fourth-order valence-electron chi connectivity index (χ4n) is 4.41. The Bertz CT molecular complexity index is 1200. The summed E-state index contributed by atoms with van der Waals surface area (Å²) in [6.07, 6.45) is 4.27. The number of hydrogen-bond acceptors (Lipinski definition) is 4. The van der Waals surface area contributed by atoms with Crippen molar-refractivity contribution in [3.05, 3.63) is 77.6 Å². The number of nitrogens with one attached hydrogen (secondary N) is 1. The largest absolute Gasteiger partial charge is 0.457 e. The number of nitrogens with zero attached hydrogens (tertiary/aromatic N) is 2. The number of carbonyl (C=O) groups is 2.